The van der Waals surface area contributed by atoms with E-state index in [1.165, 1.54) is 0 Å². The van der Waals surface area contributed by atoms with Crippen molar-refractivity contribution in [2.75, 3.05) is 26.2 Å². The van der Waals surface area contributed by atoms with E-state index < -0.39 is 18.6 Å². The number of nitrogens with one attached hydrogen (secondary N) is 2. The van der Waals surface area contributed by atoms with Crippen molar-refractivity contribution in [3.05, 3.63) is 18.2 Å². The van der Waals surface area contributed by atoms with E-state index >= 15 is 0 Å². The third-order valence-electron chi connectivity index (χ3n) is 5.51. The van der Waals surface area contributed by atoms with Crippen LogP contribution in [0.5, 0.6) is 0 Å². The maximum atomic E-state index is 12.4. The molecule has 1 saturated carbocycles. The fourth-order valence-corrected chi connectivity index (χ4v) is 3.98. The van der Waals surface area contributed by atoms with Crippen LogP contribution < -0.4 is 10.6 Å². The van der Waals surface area contributed by atoms with Crippen molar-refractivity contribution in [3.8, 4) is 0 Å². The van der Waals surface area contributed by atoms with Gasteiger partial charge in [0.2, 0.25) is 5.91 Å². The molecule has 1 unspecified atom stereocenters. The second kappa shape index (κ2) is 8.79. The summed E-state index contributed by atoms with van der Waals surface area (Å²) in [5.74, 6) is 0.250. The van der Waals surface area contributed by atoms with Crippen LogP contribution in [0.2, 0.25) is 0 Å². The number of halogens is 4. The van der Waals surface area contributed by atoms with Crippen LogP contribution in [0.4, 0.5) is 13.2 Å². The molecule has 1 aliphatic heterocycles. The zero-order valence-corrected chi connectivity index (χ0v) is 16.2. The van der Waals surface area contributed by atoms with Crippen molar-refractivity contribution in [2.45, 2.75) is 51.5 Å². The van der Waals surface area contributed by atoms with Gasteiger partial charge < -0.3 is 15.2 Å². The van der Waals surface area contributed by atoms with E-state index in [4.69, 9.17) is 0 Å². The molecule has 1 aliphatic carbocycles. The zero-order valence-electron chi connectivity index (χ0n) is 15.4. The highest BCUT2D eigenvalue weighted by Gasteiger charge is 2.56. The topological polar surface area (TPSA) is 62.2 Å². The second-order valence-corrected chi connectivity index (χ2v) is 7.26. The minimum absolute atomic E-state index is 0. The molecule has 6 nitrogen and oxygen atoms in total. The van der Waals surface area contributed by atoms with Crippen LogP contribution in [0.15, 0.2) is 12.4 Å². The van der Waals surface area contributed by atoms with Gasteiger partial charge in [0.05, 0.1) is 13.1 Å². The Hall–Kier alpha value is -1.32. The van der Waals surface area contributed by atoms with Crippen molar-refractivity contribution >= 4 is 18.3 Å². The molecule has 2 heterocycles. The van der Waals surface area contributed by atoms with Crippen LogP contribution in [0.3, 0.4) is 0 Å². The number of hydrogen-bond donors (Lipinski definition) is 2. The minimum Gasteiger partial charge on any atom is -0.346 e. The summed E-state index contributed by atoms with van der Waals surface area (Å²) < 4.78 is 39.1. The van der Waals surface area contributed by atoms with E-state index in [1.807, 2.05) is 27.9 Å². The molecule has 0 aromatic carbocycles. The van der Waals surface area contributed by atoms with Gasteiger partial charge in [-0.2, -0.15) is 13.2 Å². The van der Waals surface area contributed by atoms with Crippen LogP contribution in [0.1, 0.15) is 32.0 Å². The largest absolute Gasteiger partial charge is 0.405 e. The number of piperidine rings is 1. The summed E-state index contributed by atoms with van der Waals surface area (Å²) in [5, 5.41) is 5.33. The van der Waals surface area contributed by atoms with Gasteiger partial charge in [-0.1, -0.05) is 0 Å². The Morgan fingerprint density at radius 3 is 2.78 bits per heavy atom. The van der Waals surface area contributed by atoms with Gasteiger partial charge in [0.1, 0.15) is 12.4 Å². The van der Waals surface area contributed by atoms with Crippen molar-refractivity contribution in [3.63, 3.8) is 0 Å². The van der Waals surface area contributed by atoms with Gasteiger partial charge >= 0.3 is 6.18 Å². The average molecular weight is 410 g/mol. The highest BCUT2D eigenvalue weighted by molar-refractivity contribution is 5.85. The summed E-state index contributed by atoms with van der Waals surface area (Å²) in [4.78, 5) is 18.5. The molecule has 1 aromatic heterocycles. The van der Waals surface area contributed by atoms with Crippen molar-refractivity contribution < 1.29 is 18.0 Å². The van der Waals surface area contributed by atoms with E-state index in [0.717, 1.165) is 44.7 Å². The van der Waals surface area contributed by atoms with Crippen LogP contribution in [0.25, 0.3) is 0 Å². The molecule has 2 N–H and O–H groups in total. The number of imidazole rings is 1. The van der Waals surface area contributed by atoms with Gasteiger partial charge in [-0.25, -0.2) is 4.98 Å². The number of alkyl halides is 3. The summed E-state index contributed by atoms with van der Waals surface area (Å²) in [5.41, 5.74) is 0.194. The fraction of sp³-hybridized carbons (Fsp3) is 0.765. The number of amides is 1. The predicted octanol–water partition coefficient (Wildman–Crippen LogP) is 1.95. The summed E-state index contributed by atoms with van der Waals surface area (Å²) in [6, 6.07) is 0.225. The Kier molecular flexibility index (Phi) is 7.15. The first kappa shape index (κ1) is 22.0. The lowest BCUT2D eigenvalue weighted by Gasteiger charge is -2.29. The van der Waals surface area contributed by atoms with Crippen molar-refractivity contribution in [2.24, 2.45) is 5.41 Å². The molecule has 0 radical (unpaired) electrons. The van der Waals surface area contributed by atoms with Crippen molar-refractivity contribution in [1.82, 2.24) is 25.1 Å². The van der Waals surface area contributed by atoms with Crippen LogP contribution >= 0.6 is 12.4 Å². The Balaban J connectivity index is 0.00000261. The quantitative estimate of drug-likeness (QED) is 0.722. The van der Waals surface area contributed by atoms with Crippen molar-refractivity contribution in [1.29, 1.82) is 0 Å². The first-order valence-corrected chi connectivity index (χ1v) is 9.11. The van der Waals surface area contributed by atoms with Crippen LogP contribution in [-0.2, 0) is 17.9 Å². The Morgan fingerprint density at radius 1 is 1.44 bits per heavy atom. The number of rotatable bonds is 7. The molecule has 2 fully saturated rings. The van der Waals surface area contributed by atoms with Gasteiger partial charge in [-0.05, 0) is 44.7 Å². The highest BCUT2D eigenvalue weighted by atomic mass is 35.5. The number of nitrogens with zero attached hydrogens (tertiary/aromatic N) is 3. The lowest BCUT2D eigenvalue weighted by atomic mass is 9.93. The predicted molar refractivity (Wildman–Crippen MR) is 97.6 cm³/mol. The molecule has 2 aliphatic rings. The highest BCUT2D eigenvalue weighted by Crippen LogP contribution is 2.55. The standard InChI is InChI=1S/C17H26F3N5O.ClH/c1-2-24-8-7-22-14(24)10-25(11-15(26)23-12-17(18,19)20)13-9-16(13)3-5-21-6-4-16;/h7-8,13,21H,2-6,9-12H2,1H3,(H,23,26);1H. The van der Waals surface area contributed by atoms with E-state index in [1.54, 1.807) is 6.20 Å². The fourth-order valence-electron chi connectivity index (χ4n) is 3.98. The summed E-state index contributed by atoms with van der Waals surface area (Å²) in [7, 11) is 0. The van der Waals surface area contributed by atoms with E-state index in [2.05, 4.69) is 10.3 Å². The molecule has 1 saturated heterocycles. The van der Waals surface area contributed by atoms with Gasteiger partial charge in [-0.15, -0.1) is 12.4 Å². The first-order chi connectivity index (χ1) is 12.3. The SMILES string of the molecule is CCn1ccnc1CN(CC(=O)NCC(F)(F)F)C1CC12CCNCC2.Cl. The number of carbonyl (C=O) groups is 1. The number of aryl methyl sites for hydroxylation is 1. The molecule has 3 rings (SSSR count). The molecule has 0 bridgehead atoms. The third-order valence-corrected chi connectivity index (χ3v) is 5.51. The Morgan fingerprint density at radius 2 is 2.15 bits per heavy atom. The lowest BCUT2D eigenvalue weighted by molar-refractivity contribution is -0.139. The van der Waals surface area contributed by atoms with E-state index in [0.29, 0.717) is 6.54 Å². The van der Waals surface area contributed by atoms with Gasteiger partial charge in [0, 0.05) is 25.0 Å². The number of hydrogen-bond acceptors (Lipinski definition) is 4. The maximum absolute atomic E-state index is 12.4. The van der Waals surface area contributed by atoms with Gasteiger partial charge in [-0.3, -0.25) is 9.69 Å². The average Bonchev–Trinajstić information content (AvgIpc) is 3.08. The second-order valence-electron chi connectivity index (χ2n) is 7.26. The zero-order chi connectivity index (χ0) is 18.8. The molecule has 1 atom stereocenters. The first-order valence-electron chi connectivity index (χ1n) is 9.11. The molecule has 154 valence electrons. The lowest BCUT2D eigenvalue weighted by Crippen LogP contribution is -2.44. The molecule has 1 aromatic rings. The normalized spacial score (nSPS) is 21.1. The molecular formula is C17H27ClF3N5O. The van der Waals surface area contributed by atoms with Gasteiger partial charge in [0.25, 0.3) is 0 Å². The molecular weight excluding hydrogens is 383 g/mol. The van der Waals surface area contributed by atoms with Gasteiger partial charge in [0.15, 0.2) is 0 Å². The van der Waals surface area contributed by atoms with Crippen LogP contribution in [0, 0.1) is 5.41 Å². The molecule has 10 heteroatoms. The molecule has 1 amide bonds. The number of carbonyl (C=O) groups excluding carboxylic acids is 1. The van der Waals surface area contributed by atoms with Crippen LogP contribution in [-0.4, -0.2) is 58.8 Å². The number of aromatic nitrogens is 2. The Bertz CT molecular complexity index is 630. The smallest absolute Gasteiger partial charge is 0.346 e. The van der Waals surface area contributed by atoms with E-state index in [9.17, 15) is 18.0 Å². The summed E-state index contributed by atoms with van der Waals surface area (Å²) >= 11 is 0. The maximum Gasteiger partial charge on any atom is 0.405 e. The van der Waals surface area contributed by atoms with E-state index in [-0.39, 0.29) is 30.4 Å². The Labute approximate surface area is 163 Å². The molecule has 1 spiro atoms. The monoisotopic (exact) mass is 409 g/mol. The summed E-state index contributed by atoms with van der Waals surface area (Å²) in [6.45, 7) is 3.83. The molecule has 27 heavy (non-hydrogen) atoms. The minimum atomic E-state index is -4.39. The third kappa shape index (κ3) is 5.58. The summed E-state index contributed by atoms with van der Waals surface area (Å²) in [6.07, 6.45) is 2.28.